The fourth-order valence-corrected chi connectivity index (χ4v) is 2.13. The van der Waals surface area contributed by atoms with Crippen molar-refractivity contribution in [3.8, 4) is 0 Å². The van der Waals surface area contributed by atoms with E-state index < -0.39 is 17.9 Å². The molecule has 1 aliphatic heterocycles. The van der Waals surface area contributed by atoms with Crippen molar-refractivity contribution in [2.24, 2.45) is 5.92 Å². The quantitative estimate of drug-likeness (QED) is 0.761. The van der Waals surface area contributed by atoms with Gasteiger partial charge in [0.2, 0.25) is 5.91 Å². The minimum atomic E-state index is -1.05. The summed E-state index contributed by atoms with van der Waals surface area (Å²) >= 11 is 0. The molecule has 7 heteroatoms. The SMILES string of the molecule is CC(C)CN1CCN(C(=O)NC(=O)CCC(=O)O)CC1. The molecule has 0 bridgehead atoms. The zero-order chi connectivity index (χ0) is 15.1. The largest absolute Gasteiger partial charge is 0.481 e. The van der Waals surface area contributed by atoms with E-state index in [1.165, 1.54) is 0 Å². The highest BCUT2D eigenvalue weighted by molar-refractivity contribution is 5.95. The topological polar surface area (TPSA) is 90.0 Å². The van der Waals surface area contributed by atoms with Gasteiger partial charge in [-0.05, 0) is 5.92 Å². The van der Waals surface area contributed by atoms with E-state index in [1.54, 1.807) is 4.90 Å². The third-order valence-electron chi connectivity index (χ3n) is 3.10. The Labute approximate surface area is 118 Å². The van der Waals surface area contributed by atoms with Crippen molar-refractivity contribution >= 4 is 17.9 Å². The van der Waals surface area contributed by atoms with Gasteiger partial charge in [-0.2, -0.15) is 0 Å². The Bertz CT molecular complexity index is 363. The lowest BCUT2D eigenvalue weighted by Crippen LogP contribution is -2.53. The zero-order valence-electron chi connectivity index (χ0n) is 12.1. The number of aliphatic carboxylic acids is 1. The Kier molecular flexibility index (Phi) is 6.44. The van der Waals surface area contributed by atoms with E-state index in [1.807, 2.05) is 0 Å². The number of imide groups is 1. The summed E-state index contributed by atoms with van der Waals surface area (Å²) in [5.41, 5.74) is 0. The summed E-state index contributed by atoms with van der Waals surface area (Å²) in [4.78, 5) is 37.4. The van der Waals surface area contributed by atoms with Crippen LogP contribution >= 0.6 is 0 Å². The summed E-state index contributed by atoms with van der Waals surface area (Å²) in [7, 11) is 0. The molecule has 1 heterocycles. The number of carbonyl (C=O) groups excluding carboxylic acids is 2. The molecule has 0 atom stereocenters. The second-order valence-electron chi connectivity index (χ2n) is 5.43. The molecule has 1 rings (SSSR count). The first-order valence-electron chi connectivity index (χ1n) is 6.91. The Balaban J connectivity index is 2.28. The second kappa shape index (κ2) is 7.84. The van der Waals surface area contributed by atoms with Gasteiger partial charge >= 0.3 is 12.0 Å². The van der Waals surface area contributed by atoms with E-state index >= 15 is 0 Å². The molecule has 20 heavy (non-hydrogen) atoms. The molecule has 1 aliphatic rings. The van der Waals surface area contributed by atoms with Crippen LogP contribution in [0.1, 0.15) is 26.7 Å². The van der Waals surface area contributed by atoms with Crippen LogP contribution in [0, 0.1) is 5.92 Å². The van der Waals surface area contributed by atoms with Crippen molar-refractivity contribution in [2.45, 2.75) is 26.7 Å². The van der Waals surface area contributed by atoms with E-state index in [0.717, 1.165) is 19.6 Å². The lowest BCUT2D eigenvalue weighted by atomic mass is 10.2. The average Bonchev–Trinajstić information content (AvgIpc) is 2.36. The molecule has 2 N–H and O–H groups in total. The number of piperazine rings is 1. The summed E-state index contributed by atoms with van der Waals surface area (Å²) < 4.78 is 0. The second-order valence-corrected chi connectivity index (χ2v) is 5.43. The lowest BCUT2D eigenvalue weighted by molar-refractivity contribution is -0.138. The van der Waals surface area contributed by atoms with Crippen LogP contribution in [0.4, 0.5) is 4.79 Å². The summed E-state index contributed by atoms with van der Waals surface area (Å²) in [6, 6.07) is -0.426. The first-order valence-corrected chi connectivity index (χ1v) is 6.91. The fraction of sp³-hybridized carbons (Fsp3) is 0.769. The van der Waals surface area contributed by atoms with Gasteiger partial charge in [0.1, 0.15) is 0 Å². The Morgan fingerprint density at radius 1 is 1.10 bits per heavy atom. The lowest BCUT2D eigenvalue weighted by Gasteiger charge is -2.35. The van der Waals surface area contributed by atoms with E-state index in [4.69, 9.17) is 5.11 Å². The normalized spacial score (nSPS) is 16.2. The number of carboxylic acid groups (broad SMARTS) is 1. The maximum absolute atomic E-state index is 11.8. The minimum absolute atomic E-state index is 0.172. The summed E-state index contributed by atoms with van der Waals surface area (Å²) in [6.07, 6.45) is -0.435. The summed E-state index contributed by atoms with van der Waals surface area (Å²) in [5.74, 6) is -0.995. The molecule has 1 fully saturated rings. The van der Waals surface area contributed by atoms with E-state index in [9.17, 15) is 14.4 Å². The summed E-state index contributed by atoms with van der Waals surface area (Å²) in [6.45, 7) is 8.09. The van der Waals surface area contributed by atoms with Crippen molar-refractivity contribution in [3.05, 3.63) is 0 Å². The maximum Gasteiger partial charge on any atom is 0.324 e. The highest BCUT2D eigenvalue weighted by atomic mass is 16.4. The van der Waals surface area contributed by atoms with E-state index in [-0.39, 0.29) is 12.8 Å². The smallest absolute Gasteiger partial charge is 0.324 e. The predicted octanol–water partition coefficient (Wildman–Crippen LogP) is 0.361. The predicted molar refractivity (Wildman–Crippen MR) is 73.3 cm³/mol. The van der Waals surface area contributed by atoms with Crippen molar-refractivity contribution < 1.29 is 19.5 Å². The third kappa shape index (κ3) is 6.01. The van der Waals surface area contributed by atoms with Crippen LogP contribution in [0.3, 0.4) is 0 Å². The number of nitrogens with zero attached hydrogens (tertiary/aromatic N) is 2. The van der Waals surface area contributed by atoms with Crippen LogP contribution in [-0.4, -0.2) is 65.5 Å². The van der Waals surface area contributed by atoms with Gasteiger partial charge in [-0.25, -0.2) is 4.79 Å². The molecule has 7 nitrogen and oxygen atoms in total. The maximum atomic E-state index is 11.8. The van der Waals surface area contributed by atoms with Gasteiger partial charge in [0.05, 0.1) is 6.42 Å². The van der Waals surface area contributed by atoms with Crippen LogP contribution < -0.4 is 5.32 Å². The molecule has 1 saturated heterocycles. The van der Waals surface area contributed by atoms with Crippen LogP contribution in [0.2, 0.25) is 0 Å². The molecular formula is C13H23N3O4. The standard InChI is InChI=1S/C13H23N3O4/c1-10(2)9-15-5-7-16(8-6-15)13(20)14-11(17)3-4-12(18)19/h10H,3-9H2,1-2H3,(H,18,19)(H,14,17,20). The van der Waals surface area contributed by atoms with Crippen molar-refractivity contribution in [1.82, 2.24) is 15.1 Å². The van der Waals surface area contributed by atoms with Crippen molar-refractivity contribution in [2.75, 3.05) is 32.7 Å². The number of nitrogens with one attached hydrogen (secondary N) is 1. The number of urea groups is 1. The minimum Gasteiger partial charge on any atom is -0.481 e. The average molecular weight is 285 g/mol. The number of carboxylic acids is 1. The molecule has 0 aliphatic carbocycles. The molecule has 0 aromatic carbocycles. The van der Waals surface area contributed by atoms with E-state index in [0.29, 0.717) is 19.0 Å². The molecule has 0 spiro atoms. The van der Waals surface area contributed by atoms with Gasteiger partial charge in [0.25, 0.3) is 0 Å². The Hall–Kier alpha value is -1.63. The van der Waals surface area contributed by atoms with Gasteiger partial charge < -0.3 is 10.0 Å². The Morgan fingerprint density at radius 2 is 1.70 bits per heavy atom. The highest BCUT2D eigenvalue weighted by Crippen LogP contribution is 2.05. The highest BCUT2D eigenvalue weighted by Gasteiger charge is 2.22. The van der Waals surface area contributed by atoms with Crippen LogP contribution in [0.5, 0.6) is 0 Å². The van der Waals surface area contributed by atoms with Crippen molar-refractivity contribution in [3.63, 3.8) is 0 Å². The Morgan fingerprint density at radius 3 is 2.20 bits per heavy atom. The van der Waals surface area contributed by atoms with Gasteiger partial charge in [0, 0.05) is 39.1 Å². The number of carbonyl (C=O) groups is 3. The molecule has 0 saturated carbocycles. The molecule has 0 radical (unpaired) electrons. The van der Waals surface area contributed by atoms with Crippen LogP contribution in [-0.2, 0) is 9.59 Å². The fourth-order valence-electron chi connectivity index (χ4n) is 2.13. The van der Waals surface area contributed by atoms with E-state index in [2.05, 4.69) is 24.1 Å². The van der Waals surface area contributed by atoms with Gasteiger partial charge in [0.15, 0.2) is 0 Å². The van der Waals surface area contributed by atoms with Gasteiger partial charge in [-0.15, -0.1) is 0 Å². The number of rotatable bonds is 5. The van der Waals surface area contributed by atoms with Crippen LogP contribution in [0.25, 0.3) is 0 Å². The molecule has 114 valence electrons. The molecule has 0 aromatic rings. The third-order valence-corrected chi connectivity index (χ3v) is 3.10. The number of hydrogen-bond donors (Lipinski definition) is 2. The molecule has 0 unspecified atom stereocenters. The number of amides is 3. The first kappa shape index (κ1) is 16.4. The van der Waals surface area contributed by atoms with Crippen LogP contribution in [0.15, 0.2) is 0 Å². The monoisotopic (exact) mass is 285 g/mol. The van der Waals surface area contributed by atoms with Gasteiger partial charge in [-0.1, -0.05) is 13.8 Å². The molecular weight excluding hydrogens is 262 g/mol. The summed E-state index contributed by atoms with van der Waals surface area (Å²) in [5, 5.41) is 10.7. The number of hydrogen-bond acceptors (Lipinski definition) is 4. The van der Waals surface area contributed by atoms with Gasteiger partial charge in [-0.3, -0.25) is 19.8 Å². The first-order chi connectivity index (χ1) is 9.38. The zero-order valence-corrected chi connectivity index (χ0v) is 12.1. The van der Waals surface area contributed by atoms with Crippen molar-refractivity contribution in [1.29, 1.82) is 0 Å². The molecule has 3 amide bonds. The molecule has 0 aromatic heterocycles.